The molecule has 0 aliphatic rings. The number of unbranched alkanes of at least 4 members (excludes halogenated alkanes) is 8. The molecule has 0 saturated heterocycles. The van der Waals surface area contributed by atoms with E-state index in [1.165, 1.54) is 0 Å². The first kappa shape index (κ1) is 29.0. The highest BCUT2D eigenvalue weighted by Crippen LogP contribution is 2.48. The minimum absolute atomic E-state index is 0.180. The molecule has 0 aromatic heterocycles. The molecule has 186 valence electrons. The Bertz CT molecular complexity index is 694. The normalized spacial score (nSPS) is 12.0. The quantitative estimate of drug-likeness (QED) is 0.0699. The molecule has 0 saturated carbocycles. The third-order valence-electron chi connectivity index (χ3n) is 4.92. The Morgan fingerprint density at radius 3 is 1.50 bits per heavy atom. The highest BCUT2D eigenvalue weighted by Gasteiger charge is 2.25. The first-order valence-electron chi connectivity index (χ1n) is 11.2. The summed E-state index contributed by atoms with van der Waals surface area (Å²) in [5.41, 5.74) is -0.944. The zero-order valence-electron chi connectivity index (χ0n) is 18.9. The summed E-state index contributed by atoms with van der Waals surface area (Å²) in [4.78, 5) is 0. The van der Waals surface area contributed by atoms with E-state index in [1.807, 2.05) is 0 Å². The predicted molar refractivity (Wildman–Crippen MR) is 113 cm³/mol. The van der Waals surface area contributed by atoms with E-state index in [2.05, 4.69) is 0 Å². The molecule has 0 amide bonds. The van der Waals surface area contributed by atoms with Crippen molar-refractivity contribution in [2.45, 2.75) is 78.2 Å². The number of hydrogen-bond donors (Lipinski definition) is 0. The molecule has 0 bridgehead atoms. The zero-order chi connectivity index (χ0) is 24.0. The molecule has 0 heterocycles. The van der Waals surface area contributed by atoms with Crippen molar-refractivity contribution < 1.29 is 40.3 Å². The maximum atomic E-state index is 13.5. The minimum Gasteiger partial charge on any atom is -0.377 e. The van der Waals surface area contributed by atoms with Crippen LogP contribution in [0.1, 0.15) is 77.2 Å². The maximum absolute atomic E-state index is 13.5. The van der Waals surface area contributed by atoms with Gasteiger partial charge in [-0.25, -0.2) is 22.0 Å². The Balaban J connectivity index is 2.06. The number of hydrogen-bond acceptors (Lipinski definition) is 4. The zero-order valence-corrected chi connectivity index (χ0v) is 19.8. The molecule has 1 aromatic carbocycles. The third kappa shape index (κ3) is 9.86. The van der Waals surface area contributed by atoms with Crippen LogP contribution in [0.4, 0.5) is 22.0 Å². The van der Waals surface area contributed by atoms with Gasteiger partial charge in [-0.1, -0.05) is 44.9 Å². The number of rotatable bonds is 18. The van der Waals surface area contributed by atoms with Gasteiger partial charge in [0.25, 0.3) is 0 Å². The van der Waals surface area contributed by atoms with Gasteiger partial charge in [-0.15, -0.1) is 0 Å². The predicted octanol–water partition coefficient (Wildman–Crippen LogP) is 7.68. The standard InChI is InChI=1S/C22H34F5O4P/c1-3-30-32(28,31-4-2)15-13-11-9-7-5-6-8-10-12-14-29-16-17-18(23)20(25)22(27)21(26)19(17)24/h3-16H2,1-2H3. The van der Waals surface area contributed by atoms with Crippen molar-refractivity contribution in [2.24, 2.45) is 0 Å². The van der Waals surface area contributed by atoms with Crippen molar-refractivity contribution in [2.75, 3.05) is 26.0 Å². The summed E-state index contributed by atoms with van der Waals surface area (Å²) in [7, 11) is -2.94. The Kier molecular flexibility index (Phi) is 14.3. The van der Waals surface area contributed by atoms with Crippen molar-refractivity contribution in [1.82, 2.24) is 0 Å². The summed E-state index contributed by atoms with van der Waals surface area (Å²) in [6.45, 7) is 3.86. The van der Waals surface area contributed by atoms with Gasteiger partial charge in [-0.05, 0) is 26.7 Å². The van der Waals surface area contributed by atoms with E-state index in [9.17, 15) is 26.5 Å². The molecule has 1 aromatic rings. The van der Waals surface area contributed by atoms with Crippen molar-refractivity contribution in [3.63, 3.8) is 0 Å². The summed E-state index contributed by atoms with van der Waals surface area (Å²) in [5.74, 6) is -9.78. The van der Waals surface area contributed by atoms with Crippen molar-refractivity contribution in [3.05, 3.63) is 34.6 Å². The summed E-state index contributed by atoms with van der Waals surface area (Å²) < 4.78 is 94.2. The maximum Gasteiger partial charge on any atom is 0.330 e. The van der Waals surface area contributed by atoms with Crippen LogP contribution in [0.3, 0.4) is 0 Å². The molecule has 4 nitrogen and oxygen atoms in total. The monoisotopic (exact) mass is 488 g/mol. The molecule has 0 unspecified atom stereocenters. The molecule has 0 spiro atoms. The van der Waals surface area contributed by atoms with Crippen LogP contribution in [0.5, 0.6) is 0 Å². The van der Waals surface area contributed by atoms with Crippen LogP contribution < -0.4 is 0 Å². The van der Waals surface area contributed by atoms with Crippen LogP contribution in [0.2, 0.25) is 0 Å². The van der Waals surface area contributed by atoms with E-state index in [-0.39, 0.29) is 6.61 Å². The molecule has 0 aliphatic carbocycles. The van der Waals surface area contributed by atoms with Gasteiger partial charge in [-0.3, -0.25) is 4.57 Å². The van der Waals surface area contributed by atoms with Crippen molar-refractivity contribution >= 4 is 7.60 Å². The van der Waals surface area contributed by atoms with E-state index in [1.54, 1.807) is 13.8 Å². The fourth-order valence-corrected chi connectivity index (χ4v) is 4.99. The molecular formula is C22H34F5O4P. The van der Waals surface area contributed by atoms with E-state index in [0.29, 0.717) is 25.8 Å². The van der Waals surface area contributed by atoms with Crippen LogP contribution in [0, 0.1) is 29.1 Å². The van der Waals surface area contributed by atoms with Gasteiger partial charge in [0.1, 0.15) is 0 Å². The molecular weight excluding hydrogens is 454 g/mol. The first-order valence-corrected chi connectivity index (χ1v) is 13.0. The van der Waals surface area contributed by atoms with Gasteiger partial charge in [0, 0.05) is 6.61 Å². The fourth-order valence-electron chi connectivity index (χ4n) is 3.26. The SMILES string of the molecule is CCOP(=O)(CCCCCCCCCCCOCc1c(F)c(F)c(F)c(F)c1F)OCC. The van der Waals surface area contributed by atoms with Crippen molar-refractivity contribution in [1.29, 1.82) is 0 Å². The molecule has 0 N–H and O–H groups in total. The van der Waals surface area contributed by atoms with E-state index in [4.69, 9.17) is 13.8 Å². The average Bonchev–Trinajstić information content (AvgIpc) is 2.76. The van der Waals surface area contributed by atoms with Crippen LogP contribution in [0.15, 0.2) is 0 Å². The lowest BCUT2D eigenvalue weighted by molar-refractivity contribution is 0.110. The highest BCUT2D eigenvalue weighted by molar-refractivity contribution is 7.53. The highest BCUT2D eigenvalue weighted by atomic mass is 31.2. The molecule has 0 fully saturated rings. The Morgan fingerprint density at radius 1 is 0.625 bits per heavy atom. The molecule has 0 radical (unpaired) electrons. The molecule has 10 heteroatoms. The van der Waals surface area contributed by atoms with Crippen molar-refractivity contribution in [3.8, 4) is 0 Å². The number of ether oxygens (including phenoxy) is 1. The Hall–Kier alpha value is -1.02. The lowest BCUT2D eigenvalue weighted by atomic mass is 10.1. The Morgan fingerprint density at radius 2 is 1.03 bits per heavy atom. The smallest absolute Gasteiger partial charge is 0.330 e. The summed E-state index contributed by atoms with van der Waals surface area (Å²) >= 11 is 0. The summed E-state index contributed by atoms with van der Waals surface area (Å²) in [6.07, 6.45) is 8.90. The first-order chi connectivity index (χ1) is 15.3. The van der Waals surface area contributed by atoms with Gasteiger partial charge in [0.15, 0.2) is 23.3 Å². The summed E-state index contributed by atoms with van der Waals surface area (Å²) in [5, 5.41) is 0. The largest absolute Gasteiger partial charge is 0.377 e. The third-order valence-corrected chi connectivity index (χ3v) is 7.09. The average molecular weight is 488 g/mol. The lowest BCUT2D eigenvalue weighted by Gasteiger charge is -2.16. The lowest BCUT2D eigenvalue weighted by Crippen LogP contribution is -2.09. The summed E-state index contributed by atoms with van der Waals surface area (Å²) in [6, 6.07) is 0. The second-order valence-electron chi connectivity index (χ2n) is 7.45. The van der Waals surface area contributed by atoms with Gasteiger partial charge in [0.2, 0.25) is 5.82 Å². The molecule has 0 atom stereocenters. The van der Waals surface area contributed by atoms with Crippen LogP contribution >= 0.6 is 7.60 Å². The number of benzene rings is 1. The van der Waals surface area contributed by atoms with Crippen LogP contribution in [0.25, 0.3) is 0 Å². The fraction of sp³-hybridized carbons (Fsp3) is 0.727. The Labute approximate surface area is 187 Å². The van der Waals surface area contributed by atoms with E-state index < -0.39 is 48.9 Å². The van der Waals surface area contributed by atoms with Gasteiger partial charge in [-0.2, -0.15) is 0 Å². The van der Waals surface area contributed by atoms with Crippen LogP contribution in [-0.4, -0.2) is 26.0 Å². The van der Waals surface area contributed by atoms with Crippen LogP contribution in [-0.2, 0) is 25.0 Å². The minimum atomic E-state index is -2.94. The van der Waals surface area contributed by atoms with E-state index in [0.717, 1.165) is 51.4 Å². The topological polar surface area (TPSA) is 44.8 Å². The second kappa shape index (κ2) is 15.8. The van der Waals surface area contributed by atoms with Gasteiger partial charge in [0.05, 0.1) is 31.5 Å². The van der Waals surface area contributed by atoms with Gasteiger partial charge < -0.3 is 13.8 Å². The van der Waals surface area contributed by atoms with E-state index >= 15 is 0 Å². The number of halogens is 5. The van der Waals surface area contributed by atoms with Gasteiger partial charge >= 0.3 is 7.60 Å². The molecule has 0 aliphatic heterocycles. The molecule has 32 heavy (non-hydrogen) atoms. The second-order valence-corrected chi connectivity index (χ2v) is 9.64. The molecule has 1 rings (SSSR count).